The van der Waals surface area contributed by atoms with Crippen molar-refractivity contribution in [2.45, 2.75) is 6.92 Å². The van der Waals surface area contributed by atoms with Crippen molar-refractivity contribution in [2.24, 2.45) is 0 Å². The van der Waals surface area contributed by atoms with E-state index in [4.69, 9.17) is 4.42 Å². The van der Waals surface area contributed by atoms with Crippen molar-refractivity contribution in [1.82, 2.24) is 0 Å². The summed E-state index contributed by atoms with van der Waals surface area (Å²) in [5.74, 6) is 0.835. The van der Waals surface area contributed by atoms with Crippen LogP contribution in [0.1, 0.15) is 11.3 Å². The van der Waals surface area contributed by atoms with Gasteiger partial charge in [-0.3, -0.25) is 0 Å². The maximum Gasteiger partial charge on any atom is 0.170 e. The third-order valence-corrected chi connectivity index (χ3v) is 1.50. The van der Waals surface area contributed by atoms with Crippen LogP contribution in [0, 0.1) is 6.92 Å². The van der Waals surface area contributed by atoms with Gasteiger partial charge in [-0.1, -0.05) is 6.58 Å². The highest BCUT2D eigenvalue weighted by Crippen LogP contribution is 2.19. The zero-order valence-electron chi connectivity index (χ0n) is 5.15. The van der Waals surface area contributed by atoms with E-state index in [1.165, 1.54) is 0 Å². The molecule has 1 aromatic heterocycles. The Hall–Kier alpha value is -0.500. The third-order valence-electron chi connectivity index (χ3n) is 1.11. The Labute approximate surface area is 62.5 Å². The van der Waals surface area contributed by atoms with Crippen molar-refractivity contribution in [3.8, 4) is 0 Å². The van der Waals surface area contributed by atoms with Crippen LogP contribution in [-0.4, -0.2) is 0 Å². The minimum absolute atomic E-state index is 0.759. The van der Waals surface area contributed by atoms with Gasteiger partial charge in [0.15, 0.2) is 4.67 Å². The topological polar surface area (TPSA) is 13.1 Å². The van der Waals surface area contributed by atoms with Gasteiger partial charge >= 0.3 is 0 Å². The van der Waals surface area contributed by atoms with E-state index in [1.807, 2.05) is 13.0 Å². The van der Waals surface area contributed by atoms with Crippen molar-refractivity contribution < 1.29 is 4.42 Å². The molecule has 9 heavy (non-hydrogen) atoms. The molecule has 1 rings (SSSR count). The standard InChI is InChI=1S/C7H7BrO/c1-3-6-5(2)4-7(8)9-6/h3-4H,1H2,2H3. The Morgan fingerprint density at radius 1 is 1.78 bits per heavy atom. The molecule has 0 saturated heterocycles. The second-order valence-electron chi connectivity index (χ2n) is 1.80. The van der Waals surface area contributed by atoms with Crippen LogP contribution in [-0.2, 0) is 0 Å². The van der Waals surface area contributed by atoms with Crippen LogP contribution < -0.4 is 0 Å². The first kappa shape index (κ1) is 6.62. The molecule has 1 heterocycles. The monoisotopic (exact) mass is 186 g/mol. The van der Waals surface area contributed by atoms with E-state index in [2.05, 4.69) is 22.5 Å². The zero-order valence-corrected chi connectivity index (χ0v) is 6.73. The van der Waals surface area contributed by atoms with E-state index >= 15 is 0 Å². The molecular weight excluding hydrogens is 180 g/mol. The van der Waals surface area contributed by atoms with E-state index < -0.39 is 0 Å². The quantitative estimate of drug-likeness (QED) is 0.658. The fourth-order valence-corrected chi connectivity index (χ4v) is 1.18. The molecule has 1 nitrogen and oxygen atoms in total. The highest BCUT2D eigenvalue weighted by molar-refractivity contribution is 9.10. The van der Waals surface area contributed by atoms with E-state index in [9.17, 15) is 0 Å². The SMILES string of the molecule is C=Cc1oc(Br)cc1C. The van der Waals surface area contributed by atoms with Gasteiger partial charge in [-0.25, -0.2) is 0 Å². The lowest BCUT2D eigenvalue weighted by Gasteiger charge is -1.82. The normalized spacial score (nSPS) is 9.56. The first-order valence-corrected chi connectivity index (χ1v) is 3.41. The maximum absolute atomic E-state index is 5.16. The molecule has 1 aromatic rings. The predicted octanol–water partition coefficient (Wildman–Crippen LogP) is 2.99. The molecule has 0 bridgehead atoms. The summed E-state index contributed by atoms with van der Waals surface area (Å²) in [7, 11) is 0. The number of hydrogen-bond acceptors (Lipinski definition) is 1. The van der Waals surface area contributed by atoms with Crippen molar-refractivity contribution >= 4 is 22.0 Å². The summed E-state index contributed by atoms with van der Waals surface area (Å²) >= 11 is 3.21. The molecule has 0 amide bonds. The Morgan fingerprint density at radius 2 is 2.44 bits per heavy atom. The van der Waals surface area contributed by atoms with E-state index in [0.29, 0.717) is 0 Å². The summed E-state index contributed by atoms with van der Waals surface area (Å²) < 4.78 is 5.92. The predicted molar refractivity (Wildman–Crippen MR) is 41.2 cm³/mol. The Kier molecular flexibility index (Phi) is 1.76. The summed E-state index contributed by atoms with van der Waals surface area (Å²) in [5, 5.41) is 0. The van der Waals surface area contributed by atoms with Gasteiger partial charge in [0.25, 0.3) is 0 Å². The van der Waals surface area contributed by atoms with Crippen LogP contribution in [0.2, 0.25) is 0 Å². The van der Waals surface area contributed by atoms with Crippen LogP contribution in [0.25, 0.3) is 6.08 Å². The summed E-state index contributed by atoms with van der Waals surface area (Å²) in [5.41, 5.74) is 1.11. The molecule has 0 saturated carbocycles. The lowest BCUT2D eigenvalue weighted by atomic mass is 10.3. The largest absolute Gasteiger partial charge is 0.450 e. The average molecular weight is 187 g/mol. The lowest BCUT2D eigenvalue weighted by Crippen LogP contribution is -1.64. The molecule has 0 aliphatic carbocycles. The maximum atomic E-state index is 5.16. The highest BCUT2D eigenvalue weighted by atomic mass is 79.9. The van der Waals surface area contributed by atoms with E-state index in [0.717, 1.165) is 16.0 Å². The Morgan fingerprint density at radius 3 is 2.67 bits per heavy atom. The van der Waals surface area contributed by atoms with Crippen molar-refractivity contribution in [3.63, 3.8) is 0 Å². The van der Waals surface area contributed by atoms with Gasteiger partial charge in [0, 0.05) is 0 Å². The van der Waals surface area contributed by atoms with Gasteiger partial charge in [0.05, 0.1) is 0 Å². The van der Waals surface area contributed by atoms with Crippen LogP contribution in [0.15, 0.2) is 21.7 Å². The summed E-state index contributed by atoms with van der Waals surface area (Å²) in [4.78, 5) is 0. The first-order chi connectivity index (χ1) is 4.24. The molecule has 48 valence electrons. The minimum Gasteiger partial charge on any atom is -0.450 e. The van der Waals surface area contributed by atoms with Crippen LogP contribution in [0.3, 0.4) is 0 Å². The fourth-order valence-electron chi connectivity index (χ4n) is 0.659. The zero-order chi connectivity index (χ0) is 6.85. The van der Waals surface area contributed by atoms with Gasteiger partial charge in [0.2, 0.25) is 0 Å². The molecule has 0 radical (unpaired) electrons. The molecule has 2 heteroatoms. The van der Waals surface area contributed by atoms with Crippen LogP contribution >= 0.6 is 15.9 Å². The lowest BCUT2D eigenvalue weighted by molar-refractivity contribution is 0.530. The van der Waals surface area contributed by atoms with Crippen molar-refractivity contribution in [2.75, 3.05) is 0 Å². The molecule has 0 fully saturated rings. The first-order valence-electron chi connectivity index (χ1n) is 2.62. The number of hydrogen-bond donors (Lipinski definition) is 0. The molecule has 0 aliphatic rings. The number of furan rings is 1. The Bertz CT molecular complexity index is 225. The van der Waals surface area contributed by atoms with Crippen molar-refractivity contribution in [3.05, 3.63) is 28.6 Å². The van der Waals surface area contributed by atoms with Gasteiger partial charge in [0.1, 0.15) is 5.76 Å². The Balaban J connectivity index is 3.15. The second-order valence-corrected chi connectivity index (χ2v) is 2.58. The summed E-state index contributed by atoms with van der Waals surface area (Å²) in [6.45, 7) is 5.57. The average Bonchev–Trinajstić information content (AvgIpc) is 2.10. The van der Waals surface area contributed by atoms with Gasteiger partial charge in [-0.05, 0) is 40.6 Å². The number of aryl methyl sites for hydroxylation is 1. The molecule has 0 unspecified atom stereocenters. The summed E-state index contributed by atoms with van der Waals surface area (Å²) in [6.07, 6.45) is 1.69. The molecule has 0 N–H and O–H groups in total. The second kappa shape index (κ2) is 2.40. The molecule has 0 aliphatic heterocycles. The molecule has 0 spiro atoms. The molecule has 0 aromatic carbocycles. The van der Waals surface area contributed by atoms with Crippen LogP contribution in [0.5, 0.6) is 0 Å². The number of halogens is 1. The van der Waals surface area contributed by atoms with E-state index in [1.54, 1.807) is 6.08 Å². The van der Waals surface area contributed by atoms with Gasteiger partial charge in [-0.2, -0.15) is 0 Å². The third kappa shape index (κ3) is 1.24. The van der Waals surface area contributed by atoms with Gasteiger partial charge < -0.3 is 4.42 Å². The highest BCUT2D eigenvalue weighted by Gasteiger charge is 1.99. The minimum atomic E-state index is 0.759. The molecular formula is C7H7BrO. The number of rotatable bonds is 1. The smallest absolute Gasteiger partial charge is 0.170 e. The van der Waals surface area contributed by atoms with Crippen LogP contribution in [0.4, 0.5) is 0 Å². The van der Waals surface area contributed by atoms with Gasteiger partial charge in [-0.15, -0.1) is 0 Å². The van der Waals surface area contributed by atoms with E-state index in [-0.39, 0.29) is 0 Å². The summed E-state index contributed by atoms with van der Waals surface area (Å²) in [6, 6.07) is 1.91. The van der Waals surface area contributed by atoms with Crippen molar-refractivity contribution in [1.29, 1.82) is 0 Å². The fraction of sp³-hybridized carbons (Fsp3) is 0.143. The molecule has 0 atom stereocenters.